The molecule has 0 aliphatic carbocycles. The number of hydrogen-bond donors (Lipinski definition) is 1. The van der Waals surface area contributed by atoms with Crippen molar-refractivity contribution in [3.8, 4) is 17.4 Å². The Morgan fingerprint density at radius 3 is 2.72 bits per heavy atom. The lowest BCUT2D eigenvalue weighted by atomic mass is 10.2. The van der Waals surface area contributed by atoms with Gasteiger partial charge in [0.15, 0.2) is 11.4 Å². The van der Waals surface area contributed by atoms with E-state index in [-0.39, 0.29) is 23.1 Å². The van der Waals surface area contributed by atoms with Crippen LogP contribution in [0.5, 0.6) is 17.4 Å². The summed E-state index contributed by atoms with van der Waals surface area (Å²) in [5.41, 5.74) is 2.17. The highest BCUT2D eigenvalue weighted by molar-refractivity contribution is 7.92. The number of likely N-dealkylation sites (N-methyl/N-ethyl adjacent to an activating group) is 1. The molecule has 3 aromatic rings. The normalized spacial score (nSPS) is 12.8. The predicted octanol–water partition coefficient (Wildman–Crippen LogP) is 4.95. The summed E-state index contributed by atoms with van der Waals surface area (Å²) in [4.78, 5) is 6.45. The number of ether oxygens (including phenoxy) is 3. The zero-order valence-electron chi connectivity index (χ0n) is 20.2. The minimum absolute atomic E-state index is 0.0637. The lowest BCUT2D eigenvalue weighted by Crippen LogP contribution is -2.19. The number of fused-ring (bicyclic) bond motifs is 1. The Hall–Kier alpha value is -2.72. The first-order valence-electron chi connectivity index (χ1n) is 11.3. The predicted molar refractivity (Wildman–Crippen MR) is 140 cm³/mol. The fraction of sp³-hybridized carbons (Fsp3) is 0.320. The summed E-state index contributed by atoms with van der Waals surface area (Å²) in [7, 11) is -0.0783. The lowest BCUT2D eigenvalue weighted by molar-refractivity contribution is 0.259. The van der Waals surface area contributed by atoms with E-state index in [2.05, 4.69) is 9.71 Å². The van der Waals surface area contributed by atoms with Gasteiger partial charge in [0, 0.05) is 29.7 Å². The smallest absolute Gasteiger partial charge is 0.262 e. The number of nitrogens with zero attached hydrogens (tertiary/aromatic N) is 2. The van der Waals surface area contributed by atoms with Gasteiger partial charge in [-0.1, -0.05) is 35.3 Å². The van der Waals surface area contributed by atoms with E-state index in [1.54, 1.807) is 37.4 Å². The summed E-state index contributed by atoms with van der Waals surface area (Å²) in [5.74, 6) is 1.05. The first kappa shape index (κ1) is 26.3. The molecule has 11 heteroatoms. The van der Waals surface area contributed by atoms with Crippen LogP contribution in [0.25, 0.3) is 0 Å². The van der Waals surface area contributed by atoms with E-state index >= 15 is 0 Å². The molecule has 1 N–H and O–H groups in total. The van der Waals surface area contributed by atoms with Crippen LogP contribution in [0.1, 0.15) is 16.7 Å². The average molecular weight is 552 g/mol. The van der Waals surface area contributed by atoms with Crippen molar-refractivity contribution < 1.29 is 22.6 Å². The molecule has 0 unspecified atom stereocenters. The van der Waals surface area contributed by atoms with Gasteiger partial charge in [0.1, 0.15) is 19.0 Å². The minimum Gasteiger partial charge on any atom is -0.491 e. The maximum absolute atomic E-state index is 13.3. The van der Waals surface area contributed by atoms with E-state index in [0.29, 0.717) is 46.7 Å². The van der Waals surface area contributed by atoms with Gasteiger partial charge in [-0.05, 0) is 56.4 Å². The standard InChI is InChI=1S/C25H27Cl2N3O5S/c1-16-19(26)5-4-6-22(16)36(31,32)29-23-24-18(9-11-34-24)14-28-25(23)35-15-17-7-8-20(27)21(13-17)33-12-10-30(2)3/h4-8,13-14,29H,9-12,15H2,1-3H3. The van der Waals surface area contributed by atoms with Crippen LogP contribution in [-0.4, -0.2) is 52.2 Å². The number of rotatable bonds is 10. The van der Waals surface area contributed by atoms with Gasteiger partial charge in [0.2, 0.25) is 5.88 Å². The van der Waals surface area contributed by atoms with Crippen molar-refractivity contribution in [2.24, 2.45) is 0 Å². The monoisotopic (exact) mass is 551 g/mol. The Morgan fingerprint density at radius 1 is 1.14 bits per heavy atom. The third-order valence-electron chi connectivity index (χ3n) is 5.60. The van der Waals surface area contributed by atoms with Crippen molar-refractivity contribution in [3.63, 3.8) is 0 Å². The molecule has 0 atom stereocenters. The summed E-state index contributed by atoms with van der Waals surface area (Å²) in [6, 6.07) is 10.1. The third kappa shape index (κ3) is 5.98. The number of halogens is 2. The Bertz CT molecular complexity index is 1370. The SMILES string of the molecule is Cc1c(Cl)cccc1S(=O)(=O)Nc1c(OCc2ccc(Cl)c(OCCN(C)C)c2)ncc2c1OCC2. The second-order valence-electron chi connectivity index (χ2n) is 8.56. The fourth-order valence-electron chi connectivity index (χ4n) is 3.63. The van der Waals surface area contributed by atoms with Gasteiger partial charge in [0.05, 0.1) is 16.5 Å². The van der Waals surface area contributed by atoms with Crippen LogP contribution in [0, 0.1) is 6.92 Å². The van der Waals surface area contributed by atoms with Crippen LogP contribution < -0.4 is 18.9 Å². The van der Waals surface area contributed by atoms with Gasteiger partial charge in [0.25, 0.3) is 10.0 Å². The van der Waals surface area contributed by atoms with Crippen LogP contribution in [-0.2, 0) is 23.1 Å². The molecule has 2 aromatic carbocycles. The maximum Gasteiger partial charge on any atom is 0.262 e. The summed E-state index contributed by atoms with van der Waals surface area (Å²) >= 11 is 12.4. The molecule has 0 bridgehead atoms. The highest BCUT2D eigenvalue weighted by Gasteiger charge is 2.27. The van der Waals surface area contributed by atoms with Gasteiger partial charge in [-0.3, -0.25) is 4.72 Å². The van der Waals surface area contributed by atoms with Crippen LogP contribution in [0.4, 0.5) is 5.69 Å². The molecule has 0 saturated heterocycles. The highest BCUT2D eigenvalue weighted by Crippen LogP contribution is 2.41. The molecule has 4 rings (SSSR count). The lowest BCUT2D eigenvalue weighted by Gasteiger charge is -2.17. The average Bonchev–Trinajstić information content (AvgIpc) is 3.31. The van der Waals surface area contributed by atoms with Crippen molar-refractivity contribution >= 4 is 38.9 Å². The van der Waals surface area contributed by atoms with Crippen molar-refractivity contribution in [2.75, 3.05) is 38.6 Å². The molecule has 1 aliphatic rings. The maximum atomic E-state index is 13.3. The van der Waals surface area contributed by atoms with Crippen molar-refractivity contribution in [3.05, 3.63) is 69.3 Å². The van der Waals surface area contributed by atoms with E-state index in [1.807, 2.05) is 25.1 Å². The molecule has 0 spiro atoms. The Balaban J connectivity index is 1.59. The highest BCUT2D eigenvalue weighted by atomic mass is 35.5. The van der Waals surface area contributed by atoms with E-state index in [1.165, 1.54) is 6.07 Å². The molecule has 1 aromatic heterocycles. The van der Waals surface area contributed by atoms with Crippen molar-refractivity contribution in [1.29, 1.82) is 0 Å². The zero-order chi connectivity index (χ0) is 25.9. The largest absolute Gasteiger partial charge is 0.491 e. The first-order chi connectivity index (χ1) is 17.2. The van der Waals surface area contributed by atoms with Gasteiger partial charge in [-0.25, -0.2) is 13.4 Å². The molecule has 0 saturated carbocycles. The summed E-state index contributed by atoms with van der Waals surface area (Å²) in [6.07, 6.45) is 2.26. The molecule has 36 heavy (non-hydrogen) atoms. The van der Waals surface area contributed by atoms with Gasteiger partial charge in [-0.2, -0.15) is 0 Å². The van der Waals surface area contributed by atoms with Gasteiger partial charge < -0.3 is 19.1 Å². The number of anilines is 1. The fourth-order valence-corrected chi connectivity index (χ4v) is 5.36. The first-order valence-corrected chi connectivity index (χ1v) is 13.5. The van der Waals surface area contributed by atoms with Crippen LogP contribution in [0.15, 0.2) is 47.5 Å². The van der Waals surface area contributed by atoms with Gasteiger partial charge in [-0.15, -0.1) is 0 Å². The Labute approximate surface area is 221 Å². The number of benzene rings is 2. The zero-order valence-corrected chi connectivity index (χ0v) is 22.5. The number of nitrogens with one attached hydrogen (secondary N) is 1. The number of pyridine rings is 1. The molecular formula is C25H27Cl2N3O5S. The van der Waals surface area contributed by atoms with Crippen LogP contribution in [0.2, 0.25) is 10.0 Å². The Kier molecular flexibility index (Phi) is 8.14. The molecule has 0 amide bonds. The second kappa shape index (κ2) is 11.1. The number of sulfonamides is 1. The molecular weight excluding hydrogens is 525 g/mol. The van der Waals surface area contributed by atoms with Gasteiger partial charge >= 0.3 is 0 Å². The summed E-state index contributed by atoms with van der Waals surface area (Å²) < 4.78 is 46.7. The molecule has 1 aliphatic heterocycles. The van der Waals surface area contributed by atoms with E-state index in [9.17, 15) is 8.42 Å². The van der Waals surface area contributed by atoms with Crippen LogP contribution in [0.3, 0.4) is 0 Å². The van der Waals surface area contributed by atoms with Crippen molar-refractivity contribution in [2.45, 2.75) is 24.8 Å². The minimum atomic E-state index is -4.00. The molecule has 8 nitrogen and oxygen atoms in total. The van der Waals surface area contributed by atoms with Crippen molar-refractivity contribution in [1.82, 2.24) is 9.88 Å². The van der Waals surface area contributed by atoms with E-state index in [0.717, 1.165) is 17.7 Å². The quantitative estimate of drug-likeness (QED) is 0.381. The molecule has 0 radical (unpaired) electrons. The second-order valence-corrected chi connectivity index (χ2v) is 11.0. The Morgan fingerprint density at radius 2 is 1.94 bits per heavy atom. The summed E-state index contributed by atoms with van der Waals surface area (Å²) in [5, 5.41) is 0.847. The molecule has 0 fully saturated rings. The van der Waals surface area contributed by atoms with E-state index < -0.39 is 10.0 Å². The number of hydrogen-bond acceptors (Lipinski definition) is 7. The van der Waals surface area contributed by atoms with Crippen LogP contribution >= 0.6 is 23.2 Å². The molecule has 2 heterocycles. The number of aromatic nitrogens is 1. The molecule has 192 valence electrons. The summed E-state index contributed by atoms with van der Waals surface area (Å²) in [6.45, 7) is 3.41. The third-order valence-corrected chi connectivity index (χ3v) is 7.82. The topological polar surface area (TPSA) is 90.0 Å². The van der Waals surface area contributed by atoms with E-state index in [4.69, 9.17) is 37.4 Å².